The van der Waals surface area contributed by atoms with Crippen molar-refractivity contribution in [3.8, 4) is 0 Å². The Labute approximate surface area is 64.9 Å². The molecule has 0 bridgehead atoms. The van der Waals surface area contributed by atoms with Gasteiger partial charge in [0.2, 0.25) is 0 Å². The van der Waals surface area contributed by atoms with Crippen LogP contribution in [0.5, 0.6) is 0 Å². The van der Waals surface area contributed by atoms with Gasteiger partial charge in [-0.2, -0.15) is 0 Å². The lowest BCUT2D eigenvalue weighted by Gasteiger charge is -2.31. The molecule has 0 unspecified atom stereocenters. The van der Waals surface area contributed by atoms with Gasteiger partial charge in [-0.05, 0) is 13.8 Å². The summed E-state index contributed by atoms with van der Waals surface area (Å²) in [5.41, 5.74) is 0. The first-order chi connectivity index (χ1) is 4.18. The van der Waals surface area contributed by atoms with Crippen LogP contribution in [-0.4, -0.2) is 29.1 Å². The maximum atomic E-state index is 3.46. The van der Waals surface area contributed by atoms with Gasteiger partial charge in [0.05, 0.1) is 0 Å². The SMILES string of the molecule is C[C@@H]1CN(Br)C[C@H](C)N1. The van der Waals surface area contributed by atoms with Crippen LogP contribution >= 0.6 is 16.1 Å². The highest BCUT2D eigenvalue weighted by atomic mass is 79.9. The van der Waals surface area contributed by atoms with E-state index in [-0.39, 0.29) is 0 Å². The summed E-state index contributed by atoms with van der Waals surface area (Å²) < 4.78 is 2.18. The molecule has 54 valence electrons. The topological polar surface area (TPSA) is 15.3 Å². The summed E-state index contributed by atoms with van der Waals surface area (Å²) in [6.07, 6.45) is 0. The van der Waals surface area contributed by atoms with Gasteiger partial charge in [0, 0.05) is 41.3 Å². The van der Waals surface area contributed by atoms with Gasteiger partial charge >= 0.3 is 0 Å². The number of hydrogen-bond donors (Lipinski definition) is 1. The summed E-state index contributed by atoms with van der Waals surface area (Å²) in [7, 11) is 0. The fourth-order valence-corrected chi connectivity index (χ4v) is 2.13. The van der Waals surface area contributed by atoms with Crippen LogP contribution in [-0.2, 0) is 0 Å². The van der Waals surface area contributed by atoms with E-state index in [9.17, 15) is 0 Å². The van der Waals surface area contributed by atoms with Crippen LogP contribution in [0.25, 0.3) is 0 Å². The van der Waals surface area contributed by atoms with Crippen LogP contribution < -0.4 is 5.32 Å². The van der Waals surface area contributed by atoms with Gasteiger partial charge in [-0.25, -0.2) is 3.93 Å². The average molecular weight is 193 g/mol. The van der Waals surface area contributed by atoms with Gasteiger partial charge < -0.3 is 5.32 Å². The fraction of sp³-hybridized carbons (Fsp3) is 1.00. The van der Waals surface area contributed by atoms with Crippen molar-refractivity contribution in [1.29, 1.82) is 0 Å². The minimum Gasteiger partial charge on any atom is -0.309 e. The van der Waals surface area contributed by atoms with Crippen LogP contribution in [0, 0.1) is 0 Å². The minimum atomic E-state index is 0.619. The Morgan fingerprint density at radius 3 is 2.11 bits per heavy atom. The second-order valence-electron chi connectivity index (χ2n) is 2.80. The first-order valence-corrected chi connectivity index (χ1v) is 4.06. The Kier molecular flexibility index (Phi) is 2.50. The fourth-order valence-electron chi connectivity index (χ4n) is 1.26. The van der Waals surface area contributed by atoms with E-state index in [1.54, 1.807) is 0 Å². The number of halogens is 1. The summed E-state index contributed by atoms with van der Waals surface area (Å²) in [6, 6.07) is 1.24. The molecule has 1 heterocycles. The van der Waals surface area contributed by atoms with Crippen LogP contribution in [0.3, 0.4) is 0 Å². The lowest BCUT2D eigenvalue weighted by Crippen LogP contribution is -2.50. The molecule has 1 rings (SSSR count). The normalized spacial score (nSPS) is 39.0. The largest absolute Gasteiger partial charge is 0.309 e. The van der Waals surface area contributed by atoms with Gasteiger partial charge in [0.25, 0.3) is 0 Å². The van der Waals surface area contributed by atoms with Crippen molar-refractivity contribution in [2.24, 2.45) is 0 Å². The van der Waals surface area contributed by atoms with Crippen molar-refractivity contribution >= 4 is 16.1 Å². The Morgan fingerprint density at radius 2 is 1.78 bits per heavy atom. The molecular weight excluding hydrogens is 180 g/mol. The van der Waals surface area contributed by atoms with Crippen LogP contribution in [0.4, 0.5) is 0 Å². The van der Waals surface area contributed by atoms with Gasteiger partial charge in [0.1, 0.15) is 0 Å². The third kappa shape index (κ3) is 2.24. The molecule has 0 aromatic rings. The second kappa shape index (κ2) is 2.99. The molecule has 0 aromatic heterocycles. The molecule has 0 spiro atoms. The van der Waals surface area contributed by atoms with Gasteiger partial charge in [0.15, 0.2) is 0 Å². The van der Waals surface area contributed by atoms with E-state index in [0.717, 1.165) is 13.1 Å². The molecule has 1 saturated heterocycles. The van der Waals surface area contributed by atoms with E-state index in [4.69, 9.17) is 0 Å². The summed E-state index contributed by atoms with van der Waals surface area (Å²) >= 11 is 3.46. The van der Waals surface area contributed by atoms with E-state index >= 15 is 0 Å². The molecule has 0 aromatic carbocycles. The molecular formula is C6H13BrN2. The van der Waals surface area contributed by atoms with Crippen molar-refractivity contribution in [2.75, 3.05) is 13.1 Å². The molecule has 9 heavy (non-hydrogen) atoms. The van der Waals surface area contributed by atoms with E-state index in [1.807, 2.05) is 0 Å². The predicted octanol–water partition coefficient (Wildman–Crippen LogP) is 0.979. The minimum absolute atomic E-state index is 0.619. The van der Waals surface area contributed by atoms with Crippen LogP contribution in [0.15, 0.2) is 0 Å². The number of piperazine rings is 1. The molecule has 1 N–H and O–H groups in total. The number of hydrogen-bond acceptors (Lipinski definition) is 2. The number of nitrogens with zero attached hydrogens (tertiary/aromatic N) is 1. The van der Waals surface area contributed by atoms with Crippen LogP contribution in [0.1, 0.15) is 13.8 Å². The van der Waals surface area contributed by atoms with Crippen molar-refractivity contribution in [1.82, 2.24) is 9.24 Å². The Morgan fingerprint density at radius 1 is 1.33 bits per heavy atom. The summed E-state index contributed by atoms with van der Waals surface area (Å²) in [5.74, 6) is 0. The van der Waals surface area contributed by atoms with E-state index in [0.29, 0.717) is 12.1 Å². The van der Waals surface area contributed by atoms with Gasteiger partial charge in [-0.15, -0.1) is 0 Å². The maximum Gasteiger partial charge on any atom is 0.0245 e. The molecule has 0 radical (unpaired) electrons. The first-order valence-electron chi connectivity index (χ1n) is 3.35. The summed E-state index contributed by atoms with van der Waals surface area (Å²) in [6.45, 7) is 6.60. The first kappa shape index (κ1) is 7.51. The molecule has 0 aliphatic carbocycles. The van der Waals surface area contributed by atoms with E-state index in [1.165, 1.54) is 0 Å². The van der Waals surface area contributed by atoms with E-state index < -0.39 is 0 Å². The van der Waals surface area contributed by atoms with Crippen molar-refractivity contribution in [2.45, 2.75) is 25.9 Å². The highest BCUT2D eigenvalue weighted by Gasteiger charge is 2.18. The lowest BCUT2D eigenvalue weighted by molar-refractivity contribution is 0.288. The molecule has 1 aliphatic heterocycles. The molecule has 0 saturated carbocycles. The summed E-state index contributed by atoms with van der Waals surface area (Å²) in [4.78, 5) is 0. The molecule has 2 atom stereocenters. The molecule has 0 amide bonds. The monoisotopic (exact) mass is 192 g/mol. The number of nitrogens with one attached hydrogen (secondary N) is 1. The zero-order chi connectivity index (χ0) is 6.85. The molecule has 3 heteroatoms. The summed E-state index contributed by atoms with van der Waals surface area (Å²) in [5, 5.41) is 3.44. The Balaban J connectivity index is 2.34. The molecule has 2 nitrogen and oxygen atoms in total. The highest BCUT2D eigenvalue weighted by molar-refractivity contribution is 9.07. The quantitative estimate of drug-likeness (QED) is 0.577. The predicted molar refractivity (Wildman–Crippen MR) is 42.6 cm³/mol. The van der Waals surface area contributed by atoms with E-state index in [2.05, 4.69) is 39.2 Å². The van der Waals surface area contributed by atoms with Crippen molar-refractivity contribution in [3.05, 3.63) is 0 Å². The third-order valence-corrected chi connectivity index (χ3v) is 2.09. The third-order valence-electron chi connectivity index (χ3n) is 1.51. The zero-order valence-electron chi connectivity index (χ0n) is 5.89. The standard InChI is InChI=1S/C6H13BrN2/c1-5-3-9(7)4-6(2)8-5/h5-6,8H,3-4H2,1-2H3/t5-,6+. The molecule has 1 aliphatic rings. The maximum absolute atomic E-state index is 3.46. The Hall–Kier alpha value is 0.400. The smallest absolute Gasteiger partial charge is 0.0245 e. The van der Waals surface area contributed by atoms with Crippen LogP contribution in [0.2, 0.25) is 0 Å². The van der Waals surface area contributed by atoms with Crippen molar-refractivity contribution < 1.29 is 0 Å². The van der Waals surface area contributed by atoms with Gasteiger partial charge in [-0.3, -0.25) is 0 Å². The molecule has 1 fully saturated rings. The van der Waals surface area contributed by atoms with Crippen molar-refractivity contribution in [3.63, 3.8) is 0 Å². The van der Waals surface area contributed by atoms with Gasteiger partial charge in [-0.1, -0.05) is 0 Å². The Bertz CT molecular complexity index is 72.0. The zero-order valence-corrected chi connectivity index (χ0v) is 7.48. The second-order valence-corrected chi connectivity index (χ2v) is 3.80. The average Bonchev–Trinajstić information content (AvgIpc) is 1.59. The lowest BCUT2D eigenvalue weighted by atomic mass is 10.2. The highest BCUT2D eigenvalue weighted by Crippen LogP contribution is 2.07. The number of rotatable bonds is 0.